The standard InChI is InChI=1S/C25H30N2O4/c1-18-5-6-19(2)23(16-18)25(29)27-11-3-4-21(27)17-31-22-9-7-20(8-10-22)24(28)26-12-14-30-15-13-26/h5-10,16,21H,3-4,11-15,17H2,1-2H3. The third kappa shape index (κ3) is 4.90. The number of aryl methyl sites for hydroxylation is 2. The van der Waals surface area contributed by atoms with Crippen molar-refractivity contribution in [2.75, 3.05) is 39.5 Å². The second-order valence-corrected chi connectivity index (χ2v) is 8.35. The molecule has 6 nitrogen and oxygen atoms in total. The van der Waals surface area contributed by atoms with Gasteiger partial charge in [-0.05, 0) is 62.6 Å². The molecule has 2 saturated heterocycles. The van der Waals surface area contributed by atoms with Gasteiger partial charge in [-0.25, -0.2) is 0 Å². The van der Waals surface area contributed by atoms with Crippen molar-refractivity contribution in [2.45, 2.75) is 32.7 Å². The number of amides is 2. The number of rotatable bonds is 5. The van der Waals surface area contributed by atoms with E-state index in [1.54, 1.807) is 12.1 Å². The molecule has 2 aromatic carbocycles. The van der Waals surface area contributed by atoms with E-state index in [-0.39, 0.29) is 17.9 Å². The van der Waals surface area contributed by atoms with Crippen molar-refractivity contribution in [1.82, 2.24) is 9.80 Å². The molecule has 2 fully saturated rings. The summed E-state index contributed by atoms with van der Waals surface area (Å²) in [6.07, 6.45) is 1.92. The van der Waals surface area contributed by atoms with Crippen LogP contribution in [0.4, 0.5) is 0 Å². The van der Waals surface area contributed by atoms with E-state index in [9.17, 15) is 9.59 Å². The monoisotopic (exact) mass is 422 g/mol. The Morgan fingerprint density at radius 2 is 1.74 bits per heavy atom. The van der Waals surface area contributed by atoms with E-state index in [2.05, 4.69) is 0 Å². The number of ether oxygens (including phenoxy) is 2. The third-order valence-electron chi connectivity index (χ3n) is 6.10. The van der Waals surface area contributed by atoms with Crippen LogP contribution in [0.5, 0.6) is 5.75 Å². The highest BCUT2D eigenvalue weighted by atomic mass is 16.5. The molecule has 1 unspecified atom stereocenters. The predicted molar refractivity (Wildman–Crippen MR) is 119 cm³/mol. The number of hydrogen-bond acceptors (Lipinski definition) is 4. The minimum atomic E-state index is 0.0240. The quantitative estimate of drug-likeness (QED) is 0.741. The normalized spacial score (nSPS) is 18.8. The van der Waals surface area contributed by atoms with Gasteiger partial charge in [0.05, 0.1) is 19.3 Å². The Morgan fingerprint density at radius 3 is 2.48 bits per heavy atom. The Hall–Kier alpha value is -2.86. The number of likely N-dealkylation sites (tertiary alicyclic amines) is 1. The highest BCUT2D eigenvalue weighted by molar-refractivity contribution is 5.96. The second kappa shape index (κ2) is 9.52. The van der Waals surface area contributed by atoms with Gasteiger partial charge in [0, 0.05) is 30.8 Å². The van der Waals surface area contributed by atoms with Crippen molar-refractivity contribution >= 4 is 11.8 Å². The van der Waals surface area contributed by atoms with Crippen LogP contribution in [0.25, 0.3) is 0 Å². The lowest BCUT2D eigenvalue weighted by Crippen LogP contribution is -2.40. The van der Waals surface area contributed by atoms with Crippen LogP contribution in [-0.4, -0.2) is 67.1 Å². The Bertz CT molecular complexity index is 935. The molecule has 6 heteroatoms. The summed E-state index contributed by atoms with van der Waals surface area (Å²) < 4.78 is 11.3. The van der Waals surface area contributed by atoms with Gasteiger partial charge < -0.3 is 19.3 Å². The molecular formula is C25H30N2O4. The van der Waals surface area contributed by atoms with Crippen LogP contribution < -0.4 is 4.74 Å². The van der Waals surface area contributed by atoms with E-state index in [1.165, 1.54) is 0 Å². The smallest absolute Gasteiger partial charge is 0.254 e. The molecular weight excluding hydrogens is 392 g/mol. The summed E-state index contributed by atoms with van der Waals surface area (Å²) in [5.41, 5.74) is 3.52. The van der Waals surface area contributed by atoms with Crippen LogP contribution in [-0.2, 0) is 4.74 Å². The zero-order chi connectivity index (χ0) is 21.8. The van der Waals surface area contributed by atoms with E-state index < -0.39 is 0 Å². The van der Waals surface area contributed by atoms with Crippen molar-refractivity contribution in [3.05, 3.63) is 64.7 Å². The lowest BCUT2D eigenvalue weighted by molar-refractivity contribution is 0.0303. The first kappa shape index (κ1) is 21.4. The molecule has 2 aromatic rings. The Kier molecular flexibility index (Phi) is 6.56. The topological polar surface area (TPSA) is 59.1 Å². The molecule has 0 N–H and O–H groups in total. The van der Waals surface area contributed by atoms with E-state index in [4.69, 9.17) is 9.47 Å². The summed E-state index contributed by atoms with van der Waals surface area (Å²) in [5.74, 6) is 0.819. The van der Waals surface area contributed by atoms with Gasteiger partial charge >= 0.3 is 0 Å². The molecule has 0 bridgehead atoms. The summed E-state index contributed by atoms with van der Waals surface area (Å²) in [6, 6.07) is 13.3. The predicted octanol–water partition coefficient (Wildman–Crippen LogP) is 3.46. The summed E-state index contributed by atoms with van der Waals surface area (Å²) in [7, 11) is 0. The van der Waals surface area contributed by atoms with Gasteiger partial charge in [0.1, 0.15) is 12.4 Å². The SMILES string of the molecule is Cc1ccc(C)c(C(=O)N2CCCC2COc2ccc(C(=O)N3CCOCC3)cc2)c1. The zero-order valence-corrected chi connectivity index (χ0v) is 18.3. The van der Waals surface area contributed by atoms with E-state index in [0.717, 1.165) is 36.1 Å². The molecule has 31 heavy (non-hydrogen) atoms. The van der Waals surface area contributed by atoms with Crippen LogP contribution in [0.3, 0.4) is 0 Å². The van der Waals surface area contributed by atoms with Crippen LogP contribution in [0.2, 0.25) is 0 Å². The maximum absolute atomic E-state index is 13.1. The van der Waals surface area contributed by atoms with Crippen LogP contribution in [0, 0.1) is 13.8 Å². The Balaban J connectivity index is 1.36. The molecule has 2 heterocycles. The largest absolute Gasteiger partial charge is 0.491 e. The molecule has 0 aromatic heterocycles. The molecule has 1 atom stereocenters. The maximum Gasteiger partial charge on any atom is 0.254 e. The fraction of sp³-hybridized carbons (Fsp3) is 0.440. The number of carbonyl (C=O) groups excluding carboxylic acids is 2. The Morgan fingerprint density at radius 1 is 1.00 bits per heavy atom. The van der Waals surface area contributed by atoms with Crippen LogP contribution >= 0.6 is 0 Å². The van der Waals surface area contributed by atoms with Crippen molar-refractivity contribution in [1.29, 1.82) is 0 Å². The minimum absolute atomic E-state index is 0.0240. The average Bonchev–Trinajstić information content (AvgIpc) is 3.28. The number of hydrogen-bond donors (Lipinski definition) is 0. The summed E-state index contributed by atoms with van der Waals surface area (Å²) in [6.45, 7) is 7.63. The van der Waals surface area contributed by atoms with Crippen molar-refractivity contribution in [3.8, 4) is 5.75 Å². The van der Waals surface area contributed by atoms with Gasteiger partial charge in [0.2, 0.25) is 0 Å². The van der Waals surface area contributed by atoms with Gasteiger partial charge in [-0.3, -0.25) is 9.59 Å². The number of carbonyl (C=O) groups is 2. The van der Waals surface area contributed by atoms with E-state index in [0.29, 0.717) is 44.2 Å². The Labute approximate surface area is 183 Å². The number of benzene rings is 2. The van der Waals surface area contributed by atoms with Gasteiger partial charge in [-0.2, -0.15) is 0 Å². The van der Waals surface area contributed by atoms with E-state index >= 15 is 0 Å². The molecule has 4 rings (SSSR count). The fourth-order valence-corrected chi connectivity index (χ4v) is 4.23. The van der Waals surface area contributed by atoms with Crippen molar-refractivity contribution < 1.29 is 19.1 Å². The third-order valence-corrected chi connectivity index (χ3v) is 6.10. The highest BCUT2D eigenvalue weighted by Crippen LogP contribution is 2.24. The highest BCUT2D eigenvalue weighted by Gasteiger charge is 2.30. The molecule has 0 aliphatic carbocycles. The lowest BCUT2D eigenvalue weighted by Gasteiger charge is -2.27. The molecule has 0 radical (unpaired) electrons. The lowest BCUT2D eigenvalue weighted by atomic mass is 10.0. The summed E-state index contributed by atoms with van der Waals surface area (Å²) >= 11 is 0. The summed E-state index contributed by atoms with van der Waals surface area (Å²) in [5, 5.41) is 0. The maximum atomic E-state index is 13.1. The molecule has 2 aliphatic rings. The first-order valence-electron chi connectivity index (χ1n) is 11.0. The molecule has 0 spiro atoms. The number of morpholine rings is 1. The van der Waals surface area contributed by atoms with Crippen molar-refractivity contribution in [2.24, 2.45) is 0 Å². The van der Waals surface area contributed by atoms with Gasteiger partial charge in [-0.1, -0.05) is 17.7 Å². The second-order valence-electron chi connectivity index (χ2n) is 8.35. The molecule has 164 valence electrons. The van der Waals surface area contributed by atoms with Crippen molar-refractivity contribution in [3.63, 3.8) is 0 Å². The van der Waals surface area contributed by atoms with Gasteiger partial charge in [0.25, 0.3) is 11.8 Å². The van der Waals surface area contributed by atoms with Gasteiger partial charge in [-0.15, -0.1) is 0 Å². The van der Waals surface area contributed by atoms with E-state index in [1.807, 2.05) is 54.0 Å². The van der Waals surface area contributed by atoms with Gasteiger partial charge in [0.15, 0.2) is 0 Å². The number of nitrogens with zero attached hydrogens (tertiary/aromatic N) is 2. The average molecular weight is 423 g/mol. The first-order chi connectivity index (χ1) is 15.0. The summed E-state index contributed by atoms with van der Waals surface area (Å²) in [4.78, 5) is 29.5. The van der Waals surface area contributed by atoms with Crippen LogP contribution in [0.1, 0.15) is 44.7 Å². The fourth-order valence-electron chi connectivity index (χ4n) is 4.23. The molecule has 0 saturated carbocycles. The molecule has 2 aliphatic heterocycles. The van der Waals surface area contributed by atoms with Crippen LogP contribution in [0.15, 0.2) is 42.5 Å². The first-order valence-corrected chi connectivity index (χ1v) is 11.0. The minimum Gasteiger partial charge on any atom is -0.491 e. The molecule has 2 amide bonds. The zero-order valence-electron chi connectivity index (χ0n) is 18.3.